The van der Waals surface area contributed by atoms with Crippen LogP contribution in [0.4, 0.5) is 4.39 Å². The first-order valence-corrected chi connectivity index (χ1v) is 10.5. The number of aliphatic hydroxyl groups is 1. The van der Waals surface area contributed by atoms with Gasteiger partial charge in [-0.25, -0.2) is 4.39 Å². The van der Waals surface area contributed by atoms with E-state index >= 15 is 4.39 Å². The number of carbonyl (C=O) groups is 2. The molecule has 3 fully saturated rings. The minimum atomic E-state index is -1.44. The topological polar surface area (TPSA) is 54.4 Å². The minimum Gasteiger partial charge on any atom is -0.381 e. The highest BCUT2D eigenvalue weighted by Gasteiger charge is 2.69. The van der Waals surface area contributed by atoms with E-state index < -0.39 is 22.6 Å². The van der Waals surface area contributed by atoms with E-state index in [9.17, 15) is 14.7 Å². The highest BCUT2D eigenvalue weighted by Crippen LogP contribution is 2.68. The maximum atomic E-state index is 15.2. The largest absolute Gasteiger partial charge is 0.381 e. The lowest BCUT2D eigenvalue weighted by molar-refractivity contribution is -0.165. The van der Waals surface area contributed by atoms with Crippen LogP contribution >= 0.6 is 11.6 Å². The van der Waals surface area contributed by atoms with Crippen molar-refractivity contribution in [3.05, 3.63) is 23.8 Å². The molecule has 27 heavy (non-hydrogen) atoms. The van der Waals surface area contributed by atoms with Crippen molar-refractivity contribution >= 4 is 23.2 Å². The van der Waals surface area contributed by atoms with Gasteiger partial charge < -0.3 is 5.11 Å². The fourth-order valence-corrected chi connectivity index (χ4v) is 7.44. The number of alkyl halides is 2. The average molecular weight is 395 g/mol. The normalized spacial score (nSPS) is 51.3. The van der Waals surface area contributed by atoms with Crippen LogP contribution in [-0.4, -0.2) is 34.3 Å². The Morgan fingerprint density at radius 1 is 1.33 bits per heavy atom. The molecule has 0 radical (unpaired) electrons. The third kappa shape index (κ3) is 2.29. The molecule has 4 aliphatic rings. The summed E-state index contributed by atoms with van der Waals surface area (Å²) in [5, 5.41) is 11.5. The molecular formula is C22H28ClFO3. The number of Topliss-reactive ketones (excluding diaryl/α,β-unsaturated/α-hetero) is 1. The predicted octanol–water partition coefficient (Wildman–Crippen LogP) is 4.03. The molecule has 0 aromatic rings. The van der Waals surface area contributed by atoms with Crippen LogP contribution < -0.4 is 0 Å². The first kappa shape index (κ1) is 19.3. The van der Waals surface area contributed by atoms with Crippen molar-refractivity contribution in [1.82, 2.24) is 0 Å². The molecule has 0 aliphatic heterocycles. The summed E-state index contributed by atoms with van der Waals surface area (Å²) in [6.45, 7) is 5.97. The van der Waals surface area contributed by atoms with Crippen LogP contribution in [0.15, 0.2) is 23.8 Å². The molecule has 0 amide bonds. The van der Waals surface area contributed by atoms with Gasteiger partial charge in [0.05, 0.1) is 5.88 Å². The van der Waals surface area contributed by atoms with Crippen LogP contribution in [0, 0.1) is 34.5 Å². The Morgan fingerprint density at radius 3 is 2.70 bits per heavy atom. The number of allylic oxidation sites excluding steroid dienone is 4. The third-order valence-corrected chi connectivity index (χ3v) is 8.91. The van der Waals surface area contributed by atoms with Gasteiger partial charge >= 0.3 is 0 Å². The Morgan fingerprint density at radius 2 is 2.04 bits per heavy atom. The molecule has 5 heteroatoms. The Labute approximate surface area is 165 Å². The average Bonchev–Trinajstić information content (AvgIpc) is 2.84. The lowest BCUT2D eigenvalue weighted by Gasteiger charge is -2.58. The second kappa shape index (κ2) is 6.00. The fraction of sp³-hybridized carbons (Fsp3) is 0.727. The van der Waals surface area contributed by atoms with Crippen LogP contribution in [0.25, 0.3) is 0 Å². The quantitative estimate of drug-likeness (QED) is 0.719. The molecule has 8 atom stereocenters. The molecule has 0 unspecified atom stereocenters. The Balaban J connectivity index is 1.76. The number of ketones is 2. The summed E-state index contributed by atoms with van der Waals surface area (Å²) < 4.78 is 15.2. The Bertz CT molecular complexity index is 761. The molecule has 3 saturated carbocycles. The minimum absolute atomic E-state index is 0.0751. The SMILES string of the molecule is C[C@H]1C[C@H]2[C@@H]3C[C@H](F)C4=CC(=O)C=C[C@]4(C)[C@H]3CC[C@]2(C)[C@@]1(O)C(=O)CCl. The van der Waals surface area contributed by atoms with Crippen molar-refractivity contribution in [1.29, 1.82) is 0 Å². The second-order valence-corrected chi connectivity index (χ2v) is 9.88. The van der Waals surface area contributed by atoms with E-state index in [-0.39, 0.29) is 41.1 Å². The Hall–Kier alpha value is -1.00. The monoisotopic (exact) mass is 394 g/mol. The van der Waals surface area contributed by atoms with Gasteiger partial charge in [0.25, 0.3) is 0 Å². The van der Waals surface area contributed by atoms with Gasteiger partial charge in [-0.3, -0.25) is 9.59 Å². The summed E-state index contributed by atoms with van der Waals surface area (Å²) in [4.78, 5) is 24.5. The number of carbonyl (C=O) groups excluding carboxylic acids is 2. The van der Waals surface area contributed by atoms with Crippen LogP contribution in [0.1, 0.15) is 46.5 Å². The first-order valence-electron chi connectivity index (χ1n) is 10.0. The summed E-state index contributed by atoms with van der Waals surface area (Å²) in [6.07, 6.45) is 6.39. The van der Waals surface area contributed by atoms with E-state index in [0.717, 1.165) is 6.42 Å². The number of halogens is 2. The van der Waals surface area contributed by atoms with Crippen molar-refractivity contribution < 1.29 is 19.1 Å². The first-order chi connectivity index (χ1) is 12.6. The maximum Gasteiger partial charge on any atom is 0.179 e. The highest BCUT2D eigenvalue weighted by atomic mass is 35.5. The summed E-state index contributed by atoms with van der Waals surface area (Å²) in [7, 11) is 0. The summed E-state index contributed by atoms with van der Waals surface area (Å²) in [5.74, 6) is -0.450. The van der Waals surface area contributed by atoms with Gasteiger partial charge in [-0.05, 0) is 67.1 Å². The van der Waals surface area contributed by atoms with Gasteiger partial charge in [0, 0.05) is 10.8 Å². The smallest absolute Gasteiger partial charge is 0.179 e. The molecule has 4 aliphatic carbocycles. The zero-order valence-corrected chi connectivity index (χ0v) is 16.9. The fourth-order valence-electron chi connectivity index (χ4n) is 7.24. The second-order valence-electron chi connectivity index (χ2n) is 9.61. The van der Waals surface area contributed by atoms with Gasteiger partial charge in [0.2, 0.25) is 0 Å². The van der Waals surface area contributed by atoms with Crippen LogP contribution in [0.3, 0.4) is 0 Å². The van der Waals surface area contributed by atoms with Gasteiger partial charge in [0.15, 0.2) is 11.6 Å². The van der Waals surface area contributed by atoms with E-state index in [2.05, 4.69) is 0 Å². The molecule has 3 nitrogen and oxygen atoms in total. The van der Waals surface area contributed by atoms with Crippen LogP contribution in [-0.2, 0) is 9.59 Å². The van der Waals surface area contributed by atoms with Crippen molar-refractivity contribution in [3.63, 3.8) is 0 Å². The maximum absolute atomic E-state index is 15.2. The highest BCUT2D eigenvalue weighted by molar-refractivity contribution is 6.29. The summed E-state index contributed by atoms with van der Waals surface area (Å²) >= 11 is 5.85. The van der Waals surface area contributed by atoms with E-state index in [1.807, 2.05) is 26.8 Å². The molecule has 4 rings (SSSR count). The Kier molecular flexibility index (Phi) is 4.29. The van der Waals surface area contributed by atoms with Crippen molar-refractivity contribution in [2.24, 2.45) is 34.5 Å². The molecule has 0 saturated heterocycles. The van der Waals surface area contributed by atoms with E-state index in [1.54, 1.807) is 6.08 Å². The van der Waals surface area contributed by atoms with Gasteiger partial charge in [0.1, 0.15) is 11.8 Å². The number of fused-ring (bicyclic) bond motifs is 5. The third-order valence-electron chi connectivity index (χ3n) is 8.66. The van der Waals surface area contributed by atoms with Crippen molar-refractivity contribution in [3.8, 4) is 0 Å². The number of hydrogen-bond donors (Lipinski definition) is 1. The number of hydrogen-bond acceptors (Lipinski definition) is 3. The van der Waals surface area contributed by atoms with Gasteiger partial charge in [-0.2, -0.15) is 0 Å². The lowest BCUT2D eigenvalue weighted by atomic mass is 9.46. The molecule has 0 aromatic heterocycles. The molecule has 1 N–H and O–H groups in total. The van der Waals surface area contributed by atoms with E-state index in [1.165, 1.54) is 6.08 Å². The van der Waals surface area contributed by atoms with Gasteiger partial charge in [-0.15, -0.1) is 11.6 Å². The van der Waals surface area contributed by atoms with Gasteiger partial charge in [-0.1, -0.05) is 26.8 Å². The van der Waals surface area contributed by atoms with E-state index in [0.29, 0.717) is 24.8 Å². The molecule has 148 valence electrons. The number of rotatable bonds is 2. The van der Waals surface area contributed by atoms with Crippen molar-refractivity contribution in [2.75, 3.05) is 5.88 Å². The molecule has 0 aromatic carbocycles. The zero-order valence-electron chi connectivity index (χ0n) is 16.2. The molecule has 0 heterocycles. The zero-order chi connectivity index (χ0) is 19.8. The lowest BCUT2D eigenvalue weighted by Crippen LogP contribution is -2.59. The summed E-state index contributed by atoms with van der Waals surface area (Å²) in [6, 6.07) is 0. The van der Waals surface area contributed by atoms with Crippen LogP contribution in [0.2, 0.25) is 0 Å². The molecule has 0 spiro atoms. The van der Waals surface area contributed by atoms with Crippen LogP contribution in [0.5, 0.6) is 0 Å². The van der Waals surface area contributed by atoms with Crippen molar-refractivity contribution in [2.45, 2.75) is 58.2 Å². The standard InChI is InChI=1S/C22H28ClFO3/c1-12-8-16-14-10-18(24)17-9-13(25)4-6-20(17,2)15(14)5-7-21(16,3)22(12,27)19(26)11-23/h4,6,9,12,14-16,18,27H,5,7-8,10-11H2,1-3H3/t12-,14+,15-,16-,18-,20+,21-,22-/m0/s1. The predicted molar refractivity (Wildman–Crippen MR) is 102 cm³/mol. The summed E-state index contributed by atoms with van der Waals surface area (Å²) in [5.41, 5.74) is -1.87. The molecule has 0 bridgehead atoms. The molecular weight excluding hydrogens is 367 g/mol. The van der Waals surface area contributed by atoms with E-state index in [4.69, 9.17) is 11.6 Å².